The Labute approximate surface area is 191 Å². The van der Waals surface area contributed by atoms with Crippen LogP contribution in [0.4, 0.5) is 4.39 Å². The van der Waals surface area contributed by atoms with E-state index in [1.807, 2.05) is 23.1 Å². The summed E-state index contributed by atoms with van der Waals surface area (Å²) < 4.78 is 13.3. The third-order valence-electron chi connectivity index (χ3n) is 6.51. The molecule has 164 valence electrons. The van der Waals surface area contributed by atoms with Crippen LogP contribution in [-0.4, -0.2) is 41.2 Å². The molecule has 0 radical (unpaired) electrons. The largest absolute Gasteiger partial charge is 0.338 e. The first-order chi connectivity index (χ1) is 15.6. The van der Waals surface area contributed by atoms with E-state index >= 15 is 0 Å². The van der Waals surface area contributed by atoms with Gasteiger partial charge in [0, 0.05) is 30.1 Å². The highest BCUT2D eigenvalue weighted by atomic mass is 32.1. The van der Waals surface area contributed by atoms with Gasteiger partial charge in [-0.15, -0.1) is 11.3 Å². The SMILES string of the molecule is O=C(c1ccc(F)cc1)N1CCC[C@H](C(=O)N2CCc3sccc3[C@@H]2c2ccccc2)C1. The molecule has 3 heterocycles. The molecule has 3 aromatic rings. The Morgan fingerprint density at radius 1 is 0.969 bits per heavy atom. The van der Waals surface area contributed by atoms with Gasteiger partial charge in [0.05, 0.1) is 12.0 Å². The van der Waals surface area contributed by atoms with Crippen LogP contribution in [0.1, 0.15) is 45.2 Å². The van der Waals surface area contributed by atoms with Crippen molar-refractivity contribution in [2.24, 2.45) is 5.92 Å². The molecule has 1 saturated heterocycles. The van der Waals surface area contributed by atoms with E-state index < -0.39 is 0 Å². The van der Waals surface area contributed by atoms with E-state index in [2.05, 4.69) is 23.6 Å². The van der Waals surface area contributed by atoms with Crippen molar-refractivity contribution in [3.63, 3.8) is 0 Å². The Morgan fingerprint density at radius 3 is 2.53 bits per heavy atom. The Morgan fingerprint density at radius 2 is 1.75 bits per heavy atom. The Hall–Kier alpha value is -2.99. The lowest BCUT2D eigenvalue weighted by Crippen LogP contribution is -2.49. The van der Waals surface area contributed by atoms with Crippen LogP contribution in [0, 0.1) is 11.7 Å². The van der Waals surface area contributed by atoms with Gasteiger partial charge < -0.3 is 9.80 Å². The van der Waals surface area contributed by atoms with Crippen molar-refractivity contribution in [3.05, 3.63) is 93.4 Å². The minimum Gasteiger partial charge on any atom is -0.338 e. The van der Waals surface area contributed by atoms with Gasteiger partial charge in [-0.3, -0.25) is 9.59 Å². The van der Waals surface area contributed by atoms with Crippen molar-refractivity contribution in [3.8, 4) is 0 Å². The van der Waals surface area contributed by atoms with Crippen molar-refractivity contribution in [1.82, 2.24) is 9.80 Å². The predicted molar refractivity (Wildman–Crippen MR) is 123 cm³/mol. The molecule has 32 heavy (non-hydrogen) atoms. The average molecular weight is 449 g/mol. The van der Waals surface area contributed by atoms with Crippen molar-refractivity contribution in [2.75, 3.05) is 19.6 Å². The molecule has 0 bridgehead atoms. The van der Waals surface area contributed by atoms with E-state index in [4.69, 9.17) is 0 Å². The molecule has 4 nitrogen and oxygen atoms in total. The fourth-order valence-electron chi connectivity index (χ4n) is 4.92. The highest BCUT2D eigenvalue weighted by molar-refractivity contribution is 7.10. The minimum absolute atomic E-state index is 0.0816. The molecule has 0 unspecified atom stereocenters. The van der Waals surface area contributed by atoms with E-state index in [1.54, 1.807) is 16.2 Å². The molecule has 1 fully saturated rings. The molecule has 1 aromatic heterocycles. The number of hydrogen-bond acceptors (Lipinski definition) is 3. The first kappa shape index (κ1) is 20.9. The molecule has 2 aromatic carbocycles. The summed E-state index contributed by atoms with van der Waals surface area (Å²) in [6.07, 6.45) is 2.43. The standard InChI is InChI=1S/C26H25FN2O2S/c27-21-10-8-19(9-11-21)25(30)28-14-4-7-20(17-28)26(31)29-15-12-23-22(13-16-32-23)24(29)18-5-2-1-3-6-18/h1-3,5-6,8-11,13,16,20,24H,4,7,12,14-15,17H2/t20-,24-/m0/s1. The number of likely N-dealkylation sites (tertiary alicyclic amines) is 1. The zero-order chi connectivity index (χ0) is 22.1. The van der Waals surface area contributed by atoms with E-state index in [1.165, 1.54) is 34.7 Å². The summed E-state index contributed by atoms with van der Waals surface area (Å²) in [6.45, 7) is 1.72. The fraction of sp³-hybridized carbons (Fsp3) is 0.308. The summed E-state index contributed by atoms with van der Waals surface area (Å²) in [4.78, 5) is 31.8. The lowest BCUT2D eigenvalue weighted by atomic mass is 9.89. The van der Waals surface area contributed by atoms with Gasteiger partial charge >= 0.3 is 0 Å². The van der Waals surface area contributed by atoms with E-state index in [0.717, 1.165) is 24.8 Å². The second-order valence-corrected chi connectivity index (χ2v) is 9.49. The first-order valence-corrected chi connectivity index (χ1v) is 12.0. The topological polar surface area (TPSA) is 40.6 Å². The second-order valence-electron chi connectivity index (χ2n) is 8.49. The number of carbonyl (C=O) groups is 2. The summed E-state index contributed by atoms with van der Waals surface area (Å²) in [5.74, 6) is -0.606. The molecular formula is C26H25FN2O2S. The summed E-state index contributed by atoms with van der Waals surface area (Å²) in [5.41, 5.74) is 2.80. The number of thiophene rings is 1. The highest BCUT2D eigenvalue weighted by Gasteiger charge is 2.38. The third-order valence-corrected chi connectivity index (χ3v) is 7.51. The normalized spacial score (nSPS) is 20.7. The first-order valence-electron chi connectivity index (χ1n) is 11.1. The van der Waals surface area contributed by atoms with Gasteiger partial charge in [-0.1, -0.05) is 30.3 Å². The number of carbonyl (C=O) groups excluding carboxylic acids is 2. The zero-order valence-electron chi connectivity index (χ0n) is 17.7. The Kier molecular flexibility index (Phi) is 5.79. The Bertz CT molecular complexity index is 1110. The number of piperidine rings is 1. The average Bonchev–Trinajstić information content (AvgIpc) is 3.32. The maximum Gasteiger partial charge on any atom is 0.253 e. The molecule has 0 aliphatic carbocycles. The van der Waals surface area contributed by atoms with Crippen molar-refractivity contribution < 1.29 is 14.0 Å². The zero-order valence-corrected chi connectivity index (χ0v) is 18.6. The maximum absolute atomic E-state index is 13.8. The smallest absolute Gasteiger partial charge is 0.253 e. The Balaban J connectivity index is 1.38. The number of fused-ring (bicyclic) bond motifs is 1. The van der Waals surface area contributed by atoms with Crippen LogP contribution < -0.4 is 0 Å². The van der Waals surface area contributed by atoms with Crippen LogP contribution in [0.3, 0.4) is 0 Å². The number of halogens is 1. The second kappa shape index (κ2) is 8.87. The van der Waals surface area contributed by atoms with Gasteiger partial charge in [0.2, 0.25) is 5.91 Å². The molecule has 2 aliphatic rings. The van der Waals surface area contributed by atoms with Crippen LogP contribution in [0.5, 0.6) is 0 Å². The van der Waals surface area contributed by atoms with Gasteiger partial charge in [0.25, 0.3) is 5.91 Å². The third kappa shape index (κ3) is 3.95. The van der Waals surface area contributed by atoms with Crippen molar-refractivity contribution >= 4 is 23.2 Å². The number of hydrogen-bond donors (Lipinski definition) is 0. The van der Waals surface area contributed by atoms with Gasteiger partial charge in [-0.25, -0.2) is 4.39 Å². The van der Waals surface area contributed by atoms with E-state index in [9.17, 15) is 14.0 Å². The predicted octanol–water partition coefficient (Wildman–Crippen LogP) is 4.91. The van der Waals surface area contributed by atoms with Crippen LogP contribution in [0.15, 0.2) is 66.0 Å². The molecular weight excluding hydrogens is 423 g/mol. The molecule has 2 aliphatic heterocycles. The molecule has 2 amide bonds. The van der Waals surface area contributed by atoms with Gasteiger partial charge in [0.1, 0.15) is 5.82 Å². The molecule has 0 N–H and O–H groups in total. The lowest BCUT2D eigenvalue weighted by Gasteiger charge is -2.40. The molecule has 5 rings (SSSR count). The maximum atomic E-state index is 13.8. The quantitative estimate of drug-likeness (QED) is 0.571. The minimum atomic E-state index is -0.363. The highest BCUT2D eigenvalue weighted by Crippen LogP contribution is 2.39. The van der Waals surface area contributed by atoms with Crippen molar-refractivity contribution in [1.29, 1.82) is 0 Å². The van der Waals surface area contributed by atoms with Gasteiger partial charge in [-0.05, 0) is 66.1 Å². The summed E-state index contributed by atoms with van der Waals surface area (Å²) in [7, 11) is 0. The van der Waals surface area contributed by atoms with Crippen LogP contribution in [0.25, 0.3) is 0 Å². The molecule has 6 heteroatoms. The van der Waals surface area contributed by atoms with Gasteiger partial charge in [-0.2, -0.15) is 0 Å². The van der Waals surface area contributed by atoms with Crippen molar-refractivity contribution in [2.45, 2.75) is 25.3 Å². The monoisotopic (exact) mass is 448 g/mol. The fourth-order valence-corrected chi connectivity index (χ4v) is 5.83. The van der Waals surface area contributed by atoms with Crippen LogP contribution >= 0.6 is 11.3 Å². The molecule has 0 spiro atoms. The van der Waals surface area contributed by atoms with E-state index in [-0.39, 0.29) is 29.6 Å². The number of benzene rings is 2. The molecule has 2 atom stereocenters. The lowest BCUT2D eigenvalue weighted by molar-refractivity contribution is -0.139. The summed E-state index contributed by atoms with van der Waals surface area (Å²) in [6, 6.07) is 17.9. The van der Waals surface area contributed by atoms with Crippen LogP contribution in [-0.2, 0) is 11.2 Å². The van der Waals surface area contributed by atoms with E-state index in [0.29, 0.717) is 25.2 Å². The van der Waals surface area contributed by atoms with Crippen LogP contribution in [0.2, 0.25) is 0 Å². The van der Waals surface area contributed by atoms with Gasteiger partial charge in [0.15, 0.2) is 0 Å². The number of rotatable bonds is 3. The molecule has 0 saturated carbocycles. The number of nitrogens with zero attached hydrogens (tertiary/aromatic N) is 2. The number of amides is 2. The summed E-state index contributed by atoms with van der Waals surface area (Å²) in [5, 5.41) is 2.11. The summed E-state index contributed by atoms with van der Waals surface area (Å²) >= 11 is 1.76.